The first-order valence-corrected chi connectivity index (χ1v) is 8.45. The van der Waals surface area contributed by atoms with E-state index in [1.165, 1.54) is 45.1 Å². The van der Waals surface area contributed by atoms with Crippen molar-refractivity contribution in [3.63, 3.8) is 0 Å². The summed E-state index contributed by atoms with van der Waals surface area (Å²) in [4.78, 5) is 2.83. The van der Waals surface area contributed by atoms with Gasteiger partial charge in [0.05, 0.1) is 0 Å². The Kier molecular flexibility index (Phi) is 4.94. The smallest absolute Gasteiger partial charge is 0.0337 e. The zero-order valence-corrected chi connectivity index (χ0v) is 13.5. The molecule has 0 spiro atoms. The molecule has 0 heterocycles. The molecule has 19 heavy (non-hydrogen) atoms. The van der Waals surface area contributed by atoms with Crippen LogP contribution in [-0.2, 0) is 0 Å². The van der Waals surface area contributed by atoms with Crippen molar-refractivity contribution in [2.45, 2.75) is 77.8 Å². The maximum atomic E-state index is 6.30. The normalized spacial score (nSPS) is 32.5. The molecule has 2 heteroatoms. The lowest BCUT2D eigenvalue weighted by Gasteiger charge is -2.50. The molecule has 2 aliphatic rings. The van der Waals surface area contributed by atoms with Crippen LogP contribution in [0.2, 0.25) is 0 Å². The molecule has 0 bridgehead atoms. The summed E-state index contributed by atoms with van der Waals surface area (Å²) in [5, 5.41) is 0. The minimum atomic E-state index is 0.318. The summed E-state index contributed by atoms with van der Waals surface area (Å²) in [5.41, 5.74) is 6.62. The Hall–Kier alpha value is -0.0800. The minimum Gasteiger partial charge on any atom is -0.329 e. The van der Waals surface area contributed by atoms with Crippen LogP contribution >= 0.6 is 0 Å². The molecule has 0 aromatic carbocycles. The maximum absolute atomic E-state index is 6.30. The van der Waals surface area contributed by atoms with Crippen LogP contribution in [0.5, 0.6) is 0 Å². The summed E-state index contributed by atoms with van der Waals surface area (Å²) in [7, 11) is 0. The molecular formula is C17H34N2. The number of nitrogens with two attached hydrogens (primary N) is 1. The Bertz CT molecular complexity index is 283. The third-order valence-corrected chi connectivity index (χ3v) is 5.34. The molecule has 0 aliphatic heterocycles. The molecule has 2 N–H and O–H groups in total. The van der Waals surface area contributed by atoms with Crippen molar-refractivity contribution < 1.29 is 0 Å². The second-order valence-corrected chi connectivity index (χ2v) is 7.81. The predicted octanol–water partition coefficient (Wildman–Crippen LogP) is 3.65. The van der Waals surface area contributed by atoms with Gasteiger partial charge in [-0.25, -0.2) is 0 Å². The average Bonchev–Trinajstić information content (AvgIpc) is 3.20. The standard InChI is InChI=1S/C17H34N2/c1-13(2)11-19(16-7-8-16)17(12-18)9-5-6-15(10-17)14(3)4/h13-16H,5-12,18H2,1-4H3. The average molecular weight is 266 g/mol. The van der Waals surface area contributed by atoms with E-state index < -0.39 is 0 Å². The van der Waals surface area contributed by atoms with Crippen molar-refractivity contribution in [1.82, 2.24) is 4.90 Å². The van der Waals surface area contributed by atoms with Crippen LogP contribution in [0.25, 0.3) is 0 Å². The minimum absolute atomic E-state index is 0.318. The highest BCUT2D eigenvalue weighted by Crippen LogP contribution is 2.44. The van der Waals surface area contributed by atoms with Crippen LogP contribution < -0.4 is 5.73 Å². The zero-order chi connectivity index (χ0) is 14.0. The van der Waals surface area contributed by atoms with Gasteiger partial charge in [-0.2, -0.15) is 0 Å². The molecule has 2 atom stereocenters. The fourth-order valence-corrected chi connectivity index (χ4v) is 4.03. The molecule has 0 aromatic rings. The molecule has 2 saturated carbocycles. The van der Waals surface area contributed by atoms with E-state index in [2.05, 4.69) is 32.6 Å². The van der Waals surface area contributed by atoms with E-state index in [4.69, 9.17) is 5.73 Å². The van der Waals surface area contributed by atoms with E-state index >= 15 is 0 Å². The topological polar surface area (TPSA) is 29.3 Å². The lowest BCUT2D eigenvalue weighted by Crippen LogP contribution is -2.58. The number of hydrogen-bond acceptors (Lipinski definition) is 2. The summed E-state index contributed by atoms with van der Waals surface area (Å²) in [6.45, 7) is 11.6. The molecule has 0 saturated heterocycles. The maximum Gasteiger partial charge on any atom is 0.0337 e. The summed E-state index contributed by atoms with van der Waals surface area (Å²) >= 11 is 0. The van der Waals surface area contributed by atoms with Gasteiger partial charge >= 0.3 is 0 Å². The van der Waals surface area contributed by atoms with Crippen LogP contribution in [0.1, 0.15) is 66.2 Å². The van der Waals surface area contributed by atoms with Gasteiger partial charge in [0.15, 0.2) is 0 Å². The highest BCUT2D eigenvalue weighted by molar-refractivity contribution is 5.02. The van der Waals surface area contributed by atoms with E-state index in [1.807, 2.05) is 0 Å². The van der Waals surface area contributed by atoms with Crippen LogP contribution in [0.15, 0.2) is 0 Å². The van der Waals surface area contributed by atoms with Crippen molar-refractivity contribution in [2.24, 2.45) is 23.5 Å². The second kappa shape index (κ2) is 6.13. The van der Waals surface area contributed by atoms with Gasteiger partial charge in [0.1, 0.15) is 0 Å². The fourth-order valence-electron chi connectivity index (χ4n) is 4.03. The van der Waals surface area contributed by atoms with E-state index in [0.717, 1.165) is 30.3 Å². The molecule has 0 amide bonds. The summed E-state index contributed by atoms with van der Waals surface area (Å²) in [6, 6.07) is 0.844. The highest BCUT2D eigenvalue weighted by Gasteiger charge is 2.46. The lowest BCUT2D eigenvalue weighted by atomic mass is 9.70. The van der Waals surface area contributed by atoms with Crippen molar-refractivity contribution in [2.75, 3.05) is 13.1 Å². The van der Waals surface area contributed by atoms with Crippen LogP contribution in [0.3, 0.4) is 0 Å². The van der Waals surface area contributed by atoms with Crippen molar-refractivity contribution in [1.29, 1.82) is 0 Å². The van der Waals surface area contributed by atoms with Gasteiger partial charge in [0.2, 0.25) is 0 Å². The lowest BCUT2D eigenvalue weighted by molar-refractivity contribution is 0.0110. The first-order valence-electron chi connectivity index (χ1n) is 8.45. The Morgan fingerprint density at radius 1 is 1.16 bits per heavy atom. The summed E-state index contributed by atoms with van der Waals surface area (Å²) in [5.74, 6) is 2.44. The molecular weight excluding hydrogens is 232 g/mol. The second-order valence-electron chi connectivity index (χ2n) is 7.81. The Labute approximate surface area is 120 Å². The fraction of sp³-hybridized carbons (Fsp3) is 1.00. The monoisotopic (exact) mass is 266 g/mol. The van der Waals surface area contributed by atoms with E-state index in [-0.39, 0.29) is 0 Å². The Morgan fingerprint density at radius 2 is 1.84 bits per heavy atom. The Morgan fingerprint density at radius 3 is 2.32 bits per heavy atom. The van der Waals surface area contributed by atoms with Gasteiger partial charge in [-0.3, -0.25) is 4.90 Å². The number of hydrogen-bond donors (Lipinski definition) is 1. The first-order chi connectivity index (χ1) is 8.98. The van der Waals surface area contributed by atoms with Gasteiger partial charge in [-0.1, -0.05) is 40.5 Å². The van der Waals surface area contributed by atoms with Crippen molar-refractivity contribution >= 4 is 0 Å². The third kappa shape index (κ3) is 3.52. The van der Waals surface area contributed by atoms with Crippen LogP contribution in [-0.4, -0.2) is 29.6 Å². The van der Waals surface area contributed by atoms with Gasteiger partial charge in [0, 0.05) is 24.7 Å². The molecule has 2 unspecified atom stereocenters. The predicted molar refractivity (Wildman–Crippen MR) is 83.1 cm³/mol. The molecule has 0 aromatic heterocycles. The quantitative estimate of drug-likeness (QED) is 0.795. The largest absolute Gasteiger partial charge is 0.329 e. The molecule has 2 fully saturated rings. The summed E-state index contributed by atoms with van der Waals surface area (Å²) in [6.07, 6.45) is 8.27. The van der Waals surface area contributed by atoms with Crippen LogP contribution in [0.4, 0.5) is 0 Å². The molecule has 0 radical (unpaired) electrons. The van der Waals surface area contributed by atoms with Gasteiger partial charge in [-0.05, 0) is 43.4 Å². The summed E-state index contributed by atoms with van der Waals surface area (Å²) < 4.78 is 0. The van der Waals surface area contributed by atoms with Gasteiger partial charge < -0.3 is 5.73 Å². The molecule has 2 rings (SSSR count). The SMILES string of the molecule is CC(C)CN(C1CC1)C1(CN)CCCC(C(C)C)C1. The molecule has 2 nitrogen and oxygen atoms in total. The van der Waals surface area contributed by atoms with Crippen molar-refractivity contribution in [3.05, 3.63) is 0 Å². The van der Waals surface area contributed by atoms with E-state index in [9.17, 15) is 0 Å². The zero-order valence-electron chi connectivity index (χ0n) is 13.5. The number of nitrogens with zero attached hydrogens (tertiary/aromatic N) is 1. The van der Waals surface area contributed by atoms with Gasteiger partial charge in [0.25, 0.3) is 0 Å². The van der Waals surface area contributed by atoms with E-state index in [1.54, 1.807) is 0 Å². The van der Waals surface area contributed by atoms with Gasteiger partial charge in [-0.15, -0.1) is 0 Å². The third-order valence-electron chi connectivity index (χ3n) is 5.34. The van der Waals surface area contributed by atoms with Crippen LogP contribution in [0, 0.1) is 17.8 Å². The van der Waals surface area contributed by atoms with E-state index in [0.29, 0.717) is 5.54 Å². The number of rotatable bonds is 6. The first kappa shape index (κ1) is 15.3. The molecule has 112 valence electrons. The Balaban J connectivity index is 2.13. The van der Waals surface area contributed by atoms with Crippen molar-refractivity contribution in [3.8, 4) is 0 Å². The molecule has 2 aliphatic carbocycles. The highest BCUT2D eigenvalue weighted by atomic mass is 15.3.